The van der Waals surface area contributed by atoms with Gasteiger partial charge in [-0.15, -0.1) is 0 Å². The SMILES string of the molecule is COCCN(C)[C@H]1CCCC[C@@H]1NC(C)(C)C. The second-order valence-electron chi connectivity index (χ2n) is 6.33. The molecule has 1 saturated carbocycles. The van der Waals surface area contributed by atoms with Gasteiger partial charge < -0.3 is 10.1 Å². The Labute approximate surface area is 107 Å². The third-order valence-corrected chi connectivity index (χ3v) is 3.56. The topological polar surface area (TPSA) is 24.5 Å². The van der Waals surface area contributed by atoms with E-state index in [0.717, 1.165) is 13.2 Å². The largest absolute Gasteiger partial charge is 0.383 e. The monoisotopic (exact) mass is 242 g/mol. The quantitative estimate of drug-likeness (QED) is 0.800. The lowest BCUT2D eigenvalue weighted by Gasteiger charge is -2.41. The first-order chi connectivity index (χ1) is 7.94. The smallest absolute Gasteiger partial charge is 0.0589 e. The van der Waals surface area contributed by atoms with Crippen molar-refractivity contribution in [1.29, 1.82) is 0 Å². The van der Waals surface area contributed by atoms with Gasteiger partial charge in [-0.1, -0.05) is 12.8 Å². The molecule has 17 heavy (non-hydrogen) atoms. The molecule has 3 heteroatoms. The van der Waals surface area contributed by atoms with Crippen molar-refractivity contribution in [2.24, 2.45) is 0 Å². The zero-order chi connectivity index (χ0) is 12.9. The van der Waals surface area contributed by atoms with E-state index < -0.39 is 0 Å². The van der Waals surface area contributed by atoms with Gasteiger partial charge in [-0.2, -0.15) is 0 Å². The molecular weight excluding hydrogens is 212 g/mol. The van der Waals surface area contributed by atoms with Gasteiger partial charge >= 0.3 is 0 Å². The van der Waals surface area contributed by atoms with Crippen LogP contribution in [-0.2, 0) is 4.74 Å². The number of hydrogen-bond donors (Lipinski definition) is 1. The van der Waals surface area contributed by atoms with Crippen molar-refractivity contribution in [3.8, 4) is 0 Å². The third kappa shape index (κ3) is 5.36. The first-order valence-corrected chi connectivity index (χ1v) is 6.91. The number of rotatable bonds is 5. The summed E-state index contributed by atoms with van der Waals surface area (Å²) in [6.07, 6.45) is 5.35. The van der Waals surface area contributed by atoms with Crippen LogP contribution >= 0.6 is 0 Å². The molecule has 0 aromatic heterocycles. The fourth-order valence-electron chi connectivity index (χ4n) is 2.76. The van der Waals surface area contributed by atoms with Crippen molar-refractivity contribution >= 4 is 0 Å². The average molecular weight is 242 g/mol. The predicted octanol–water partition coefficient (Wildman–Crippen LogP) is 2.26. The molecular formula is C14H30N2O. The summed E-state index contributed by atoms with van der Waals surface area (Å²) in [5.41, 5.74) is 0.211. The van der Waals surface area contributed by atoms with E-state index in [-0.39, 0.29) is 5.54 Å². The van der Waals surface area contributed by atoms with E-state index in [4.69, 9.17) is 4.74 Å². The second kappa shape index (κ2) is 6.72. The maximum absolute atomic E-state index is 5.18. The molecule has 0 heterocycles. The van der Waals surface area contributed by atoms with Crippen LogP contribution in [0.2, 0.25) is 0 Å². The Kier molecular flexibility index (Phi) is 5.90. The fraction of sp³-hybridized carbons (Fsp3) is 1.00. The normalized spacial score (nSPS) is 26.5. The highest BCUT2D eigenvalue weighted by Gasteiger charge is 2.30. The van der Waals surface area contributed by atoms with Gasteiger partial charge in [-0.05, 0) is 40.7 Å². The summed E-state index contributed by atoms with van der Waals surface area (Å²) >= 11 is 0. The molecule has 1 N–H and O–H groups in total. The summed E-state index contributed by atoms with van der Waals surface area (Å²) in [5, 5.41) is 3.78. The summed E-state index contributed by atoms with van der Waals surface area (Å²) in [5.74, 6) is 0. The zero-order valence-corrected chi connectivity index (χ0v) is 12.3. The summed E-state index contributed by atoms with van der Waals surface area (Å²) < 4.78 is 5.18. The van der Waals surface area contributed by atoms with Crippen LogP contribution < -0.4 is 5.32 Å². The van der Waals surface area contributed by atoms with Crippen LogP contribution in [0.1, 0.15) is 46.5 Å². The van der Waals surface area contributed by atoms with Crippen LogP contribution in [0.3, 0.4) is 0 Å². The molecule has 1 aliphatic rings. The minimum Gasteiger partial charge on any atom is -0.383 e. The van der Waals surface area contributed by atoms with Crippen molar-refractivity contribution in [3.05, 3.63) is 0 Å². The maximum Gasteiger partial charge on any atom is 0.0589 e. The van der Waals surface area contributed by atoms with E-state index >= 15 is 0 Å². The van der Waals surface area contributed by atoms with Gasteiger partial charge in [0.15, 0.2) is 0 Å². The molecule has 0 aromatic rings. The molecule has 0 radical (unpaired) electrons. The lowest BCUT2D eigenvalue weighted by atomic mass is 9.87. The van der Waals surface area contributed by atoms with Crippen molar-refractivity contribution in [2.45, 2.75) is 64.1 Å². The highest BCUT2D eigenvalue weighted by molar-refractivity contribution is 4.90. The second-order valence-corrected chi connectivity index (χ2v) is 6.33. The van der Waals surface area contributed by atoms with E-state index in [1.54, 1.807) is 7.11 Å². The lowest BCUT2D eigenvalue weighted by Crippen LogP contribution is -2.56. The molecule has 3 nitrogen and oxygen atoms in total. The molecule has 2 atom stereocenters. The van der Waals surface area contributed by atoms with Crippen LogP contribution in [0.5, 0.6) is 0 Å². The molecule has 0 aliphatic heterocycles. The van der Waals surface area contributed by atoms with Crippen LogP contribution in [-0.4, -0.2) is 49.8 Å². The third-order valence-electron chi connectivity index (χ3n) is 3.56. The number of likely N-dealkylation sites (N-methyl/N-ethyl adjacent to an activating group) is 1. The Morgan fingerprint density at radius 1 is 1.24 bits per heavy atom. The van der Waals surface area contributed by atoms with E-state index in [2.05, 4.69) is 38.0 Å². The summed E-state index contributed by atoms with van der Waals surface area (Å²) in [7, 11) is 4.01. The molecule has 1 aliphatic carbocycles. The Morgan fingerprint density at radius 2 is 1.88 bits per heavy atom. The molecule has 0 unspecified atom stereocenters. The zero-order valence-electron chi connectivity index (χ0n) is 12.3. The first kappa shape index (κ1) is 14.9. The number of hydrogen-bond acceptors (Lipinski definition) is 3. The Morgan fingerprint density at radius 3 is 2.47 bits per heavy atom. The van der Waals surface area contributed by atoms with Crippen molar-refractivity contribution in [1.82, 2.24) is 10.2 Å². The summed E-state index contributed by atoms with van der Waals surface area (Å²) in [4.78, 5) is 2.46. The minimum absolute atomic E-state index is 0.211. The summed E-state index contributed by atoms with van der Waals surface area (Å²) in [6.45, 7) is 8.63. The van der Waals surface area contributed by atoms with Crippen LogP contribution in [0.15, 0.2) is 0 Å². The van der Waals surface area contributed by atoms with Gasteiger partial charge in [0.25, 0.3) is 0 Å². The van der Waals surface area contributed by atoms with Crippen molar-refractivity contribution < 1.29 is 4.74 Å². The molecule has 0 spiro atoms. The van der Waals surface area contributed by atoms with Gasteiger partial charge in [0.2, 0.25) is 0 Å². The number of ether oxygens (including phenoxy) is 1. The van der Waals surface area contributed by atoms with Crippen LogP contribution in [0.25, 0.3) is 0 Å². The molecule has 1 rings (SSSR count). The van der Waals surface area contributed by atoms with E-state index in [9.17, 15) is 0 Å². The first-order valence-electron chi connectivity index (χ1n) is 6.91. The number of nitrogens with zero attached hydrogens (tertiary/aromatic N) is 1. The van der Waals surface area contributed by atoms with Crippen molar-refractivity contribution in [3.63, 3.8) is 0 Å². The standard InChI is InChI=1S/C14H30N2O/c1-14(2,3)15-12-8-6-7-9-13(12)16(4)10-11-17-5/h12-13,15H,6-11H2,1-5H3/t12-,13-/m0/s1. The maximum atomic E-state index is 5.18. The highest BCUT2D eigenvalue weighted by Crippen LogP contribution is 2.24. The molecule has 1 fully saturated rings. The number of nitrogens with one attached hydrogen (secondary N) is 1. The van der Waals surface area contributed by atoms with Gasteiger partial charge in [0.1, 0.15) is 0 Å². The van der Waals surface area contributed by atoms with Gasteiger partial charge in [0.05, 0.1) is 6.61 Å². The number of methoxy groups -OCH3 is 1. The van der Waals surface area contributed by atoms with E-state index in [0.29, 0.717) is 12.1 Å². The Hall–Kier alpha value is -0.120. The molecule has 0 saturated heterocycles. The highest BCUT2D eigenvalue weighted by atomic mass is 16.5. The van der Waals surface area contributed by atoms with Crippen molar-refractivity contribution in [2.75, 3.05) is 27.3 Å². The Bertz CT molecular complexity index is 213. The lowest BCUT2D eigenvalue weighted by molar-refractivity contribution is 0.0957. The Balaban J connectivity index is 2.52. The van der Waals surface area contributed by atoms with Crippen LogP contribution in [0, 0.1) is 0 Å². The van der Waals surface area contributed by atoms with Gasteiger partial charge in [-0.3, -0.25) is 4.90 Å². The minimum atomic E-state index is 0.211. The molecule has 0 amide bonds. The van der Waals surface area contributed by atoms with Crippen LogP contribution in [0.4, 0.5) is 0 Å². The van der Waals surface area contributed by atoms with E-state index in [1.807, 2.05) is 0 Å². The summed E-state index contributed by atoms with van der Waals surface area (Å²) in [6, 6.07) is 1.30. The molecule has 102 valence electrons. The van der Waals surface area contributed by atoms with Gasteiger partial charge in [-0.25, -0.2) is 0 Å². The predicted molar refractivity (Wildman–Crippen MR) is 73.4 cm³/mol. The van der Waals surface area contributed by atoms with Gasteiger partial charge in [0, 0.05) is 31.3 Å². The fourth-order valence-corrected chi connectivity index (χ4v) is 2.76. The van der Waals surface area contributed by atoms with E-state index in [1.165, 1.54) is 25.7 Å². The average Bonchev–Trinajstić information content (AvgIpc) is 2.24. The molecule has 0 bridgehead atoms. The molecule has 0 aromatic carbocycles.